The Hall–Kier alpha value is -3.29. The molecule has 0 saturated carbocycles. The zero-order valence-electron chi connectivity index (χ0n) is 15.9. The van der Waals surface area contributed by atoms with E-state index in [0.717, 1.165) is 17.6 Å². The summed E-state index contributed by atoms with van der Waals surface area (Å²) in [6, 6.07) is 8.16. The normalized spacial score (nSPS) is 14.5. The van der Waals surface area contributed by atoms with Gasteiger partial charge in [-0.25, -0.2) is 9.78 Å². The molecule has 28 heavy (non-hydrogen) atoms. The Kier molecular flexibility index (Phi) is 5.01. The highest BCUT2D eigenvalue weighted by atomic mass is 16.2. The number of H-pyrrole nitrogens is 2. The number of benzene rings is 1. The van der Waals surface area contributed by atoms with E-state index >= 15 is 0 Å². The van der Waals surface area contributed by atoms with Crippen LogP contribution in [0.2, 0.25) is 0 Å². The molecule has 1 aliphatic heterocycles. The van der Waals surface area contributed by atoms with E-state index in [4.69, 9.17) is 0 Å². The molecule has 146 valence electrons. The molecular weight excluding hydrogens is 356 g/mol. The Morgan fingerprint density at radius 3 is 2.79 bits per heavy atom. The maximum Gasteiger partial charge on any atom is 0.317 e. The van der Waals surface area contributed by atoms with Crippen LogP contribution in [0.1, 0.15) is 11.3 Å². The lowest BCUT2D eigenvalue weighted by atomic mass is 10.1. The van der Waals surface area contributed by atoms with Crippen LogP contribution in [0.5, 0.6) is 0 Å². The van der Waals surface area contributed by atoms with Crippen molar-refractivity contribution < 1.29 is 4.79 Å². The minimum atomic E-state index is -0.200. The first-order valence-corrected chi connectivity index (χ1v) is 9.51. The molecule has 0 aliphatic carbocycles. The molecule has 3 aromatic rings. The van der Waals surface area contributed by atoms with Crippen LogP contribution in [0.4, 0.5) is 10.6 Å². The standard InChI is InChI=1S/C20H24N6O2/c1-14-15(16-4-2-3-5-17(16)24-14)6-7-23-20(28)26-12-10-25(11-13-26)18-19(27)22-9-8-21-18/h2-5,8-9,24H,6-7,10-13H2,1H3,(H,22,27)(H,23,28). The summed E-state index contributed by atoms with van der Waals surface area (Å²) in [6.45, 7) is 4.96. The van der Waals surface area contributed by atoms with Crippen molar-refractivity contribution in [3.63, 3.8) is 0 Å². The maximum absolute atomic E-state index is 12.5. The quantitative estimate of drug-likeness (QED) is 0.641. The van der Waals surface area contributed by atoms with Gasteiger partial charge in [-0.2, -0.15) is 0 Å². The summed E-state index contributed by atoms with van der Waals surface area (Å²) in [6.07, 6.45) is 3.87. The molecule has 0 bridgehead atoms. The lowest BCUT2D eigenvalue weighted by Crippen LogP contribution is -2.53. The van der Waals surface area contributed by atoms with Crippen molar-refractivity contribution in [3.8, 4) is 0 Å². The number of hydrogen-bond donors (Lipinski definition) is 3. The van der Waals surface area contributed by atoms with Crippen LogP contribution in [0.15, 0.2) is 41.5 Å². The van der Waals surface area contributed by atoms with Gasteiger partial charge in [0.2, 0.25) is 0 Å². The average Bonchev–Trinajstić information content (AvgIpc) is 3.04. The fraction of sp³-hybridized carbons (Fsp3) is 0.350. The third kappa shape index (κ3) is 3.58. The summed E-state index contributed by atoms with van der Waals surface area (Å²) in [5.41, 5.74) is 3.32. The highest BCUT2D eigenvalue weighted by Gasteiger charge is 2.23. The fourth-order valence-corrected chi connectivity index (χ4v) is 3.75. The zero-order valence-corrected chi connectivity index (χ0v) is 15.9. The predicted molar refractivity (Wildman–Crippen MR) is 109 cm³/mol. The summed E-state index contributed by atoms with van der Waals surface area (Å²) < 4.78 is 0. The summed E-state index contributed by atoms with van der Waals surface area (Å²) in [5.74, 6) is 0.414. The number of nitrogens with one attached hydrogen (secondary N) is 3. The second kappa shape index (κ2) is 7.75. The molecule has 1 aliphatic rings. The van der Waals surface area contributed by atoms with Crippen LogP contribution >= 0.6 is 0 Å². The van der Waals surface area contributed by atoms with Crippen LogP contribution in [0, 0.1) is 6.92 Å². The number of piperazine rings is 1. The molecule has 8 heteroatoms. The smallest absolute Gasteiger partial charge is 0.317 e. The summed E-state index contributed by atoms with van der Waals surface area (Å²) in [4.78, 5) is 38.2. The van der Waals surface area contributed by atoms with E-state index in [1.807, 2.05) is 17.0 Å². The molecule has 3 N–H and O–H groups in total. The molecule has 1 aromatic carbocycles. The first kappa shape index (κ1) is 18.1. The predicted octanol–water partition coefficient (Wildman–Crippen LogP) is 1.63. The number of carbonyl (C=O) groups excluding carboxylic acids is 1. The topological polar surface area (TPSA) is 97.1 Å². The third-order valence-corrected chi connectivity index (χ3v) is 5.23. The maximum atomic E-state index is 12.5. The van der Waals surface area contributed by atoms with Crippen LogP contribution < -0.4 is 15.8 Å². The summed E-state index contributed by atoms with van der Waals surface area (Å²) in [7, 11) is 0. The second-order valence-corrected chi connectivity index (χ2v) is 6.97. The van der Waals surface area contributed by atoms with Gasteiger partial charge in [0.15, 0.2) is 5.82 Å². The van der Waals surface area contributed by atoms with Crippen molar-refractivity contribution in [2.45, 2.75) is 13.3 Å². The molecule has 8 nitrogen and oxygen atoms in total. The summed E-state index contributed by atoms with van der Waals surface area (Å²) in [5, 5.41) is 4.23. The Morgan fingerprint density at radius 1 is 1.21 bits per heavy atom. The number of hydrogen-bond acceptors (Lipinski definition) is 4. The molecule has 1 saturated heterocycles. The molecule has 4 rings (SSSR count). The van der Waals surface area contributed by atoms with Crippen LogP contribution in [0.25, 0.3) is 10.9 Å². The largest absolute Gasteiger partial charge is 0.358 e. The number of anilines is 1. The Morgan fingerprint density at radius 2 is 2.00 bits per heavy atom. The number of fused-ring (bicyclic) bond motifs is 1. The number of carbonyl (C=O) groups is 1. The lowest BCUT2D eigenvalue weighted by Gasteiger charge is -2.34. The van der Waals surface area contributed by atoms with E-state index in [9.17, 15) is 9.59 Å². The molecule has 3 heterocycles. The van der Waals surface area contributed by atoms with E-state index < -0.39 is 0 Å². The number of aryl methyl sites for hydroxylation is 1. The molecule has 2 aromatic heterocycles. The van der Waals surface area contributed by atoms with Gasteiger partial charge >= 0.3 is 6.03 Å². The van der Waals surface area contributed by atoms with Crippen LogP contribution in [-0.4, -0.2) is 58.6 Å². The first-order chi connectivity index (χ1) is 13.6. The van der Waals surface area contributed by atoms with Gasteiger partial charge in [-0.05, 0) is 25.0 Å². The molecular formula is C20H24N6O2. The Labute approximate surface area is 162 Å². The number of aromatic nitrogens is 3. The highest BCUT2D eigenvalue weighted by Crippen LogP contribution is 2.21. The van der Waals surface area contributed by atoms with Crippen molar-refractivity contribution in [3.05, 3.63) is 58.3 Å². The van der Waals surface area contributed by atoms with Gasteiger partial charge in [-0.1, -0.05) is 18.2 Å². The van der Waals surface area contributed by atoms with E-state index in [2.05, 4.69) is 39.3 Å². The number of para-hydroxylation sites is 1. The molecule has 0 atom stereocenters. The minimum absolute atomic E-state index is 0.0629. The molecule has 0 unspecified atom stereocenters. The van der Waals surface area contributed by atoms with Gasteiger partial charge < -0.3 is 25.1 Å². The van der Waals surface area contributed by atoms with E-state index in [-0.39, 0.29) is 11.6 Å². The molecule has 1 fully saturated rings. The minimum Gasteiger partial charge on any atom is -0.358 e. The van der Waals surface area contributed by atoms with Gasteiger partial charge in [0.05, 0.1) is 0 Å². The number of amides is 2. The summed E-state index contributed by atoms with van der Waals surface area (Å²) >= 11 is 0. The van der Waals surface area contributed by atoms with Crippen LogP contribution in [-0.2, 0) is 6.42 Å². The van der Waals surface area contributed by atoms with Gasteiger partial charge in [0.1, 0.15) is 0 Å². The van der Waals surface area contributed by atoms with Crippen molar-refractivity contribution in [1.29, 1.82) is 0 Å². The number of aromatic amines is 2. The molecule has 2 amide bonds. The number of rotatable bonds is 4. The number of urea groups is 1. The van der Waals surface area contributed by atoms with Crippen LogP contribution in [0.3, 0.4) is 0 Å². The molecule has 0 radical (unpaired) electrons. The zero-order chi connectivity index (χ0) is 19.5. The third-order valence-electron chi connectivity index (χ3n) is 5.23. The number of nitrogens with zero attached hydrogens (tertiary/aromatic N) is 3. The Balaban J connectivity index is 1.30. The Bertz CT molecular complexity index is 1030. The second-order valence-electron chi connectivity index (χ2n) is 6.97. The van der Waals surface area contributed by atoms with Crippen molar-refractivity contribution >= 4 is 22.8 Å². The molecule has 0 spiro atoms. The van der Waals surface area contributed by atoms with Crippen molar-refractivity contribution in [1.82, 2.24) is 25.2 Å². The first-order valence-electron chi connectivity index (χ1n) is 9.51. The van der Waals surface area contributed by atoms with Gasteiger partial charge in [0, 0.05) is 61.7 Å². The average molecular weight is 380 g/mol. The fourth-order valence-electron chi connectivity index (χ4n) is 3.75. The van der Waals surface area contributed by atoms with Crippen molar-refractivity contribution in [2.24, 2.45) is 0 Å². The highest BCUT2D eigenvalue weighted by molar-refractivity contribution is 5.84. The monoisotopic (exact) mass is 380 g/mol. The van der Waals surface area contributed by atoms with E-state index in [0.29, 0.717) is 38.5 Å². The van der Waals surface area contributed by atoms with Gasteiger partial charge in [-0.15, -0.1) is 0 Å². The van der Waals surface area contributed by atoms with Gasteiger partial charge in [-0.3, -0.25) is 4.79 Å². The van der Waals surface area contributed by atoms with Crippen molar-refractivity contribution in [2.75, 3.05) is 37.6 Å². The van der Waals surface area contributed by atoms with E-state index in [1.54, 1.807) is 11.1 Å². The SMILES string of the molecule is Cc1[nH]c2ccccc2c1CCNC(=O)N1CCN(c2ncc[nH]c2=O)CC1. The van der Waals surface area contributed by atoms with E-state index in [1.165, 1.54) is 17.1 Å². The lowest BCUT2D eigenvalue weighted by molar-refractivity contribution is 0.194. The van der Waals surface area contributed by atoms with Gasteiger partial charge in [0.25, 0.3) is 5.56 Å².